The van der Waals surface area contributed by atoms with Gasteiger partial charge in [-0.2, -0.15) is 0 Å². The fourth-order valence-electron chi connectivity index (χ4n) is 1.92. The Labute approximate surface area is 148 Å². The molecule has 4 nitrogen and oxygen atoms in total. The van der Waals surface area contributed by atoms with Gasteiger partial charge in [0.15, 0.2) is 11.5 Å². The van der Waals surface area contributed by atoms with Gasteiger partial charge in [-0.3, -0.25) is 4.79 Å². The molecule has 0 saturated carbocycles. The van der Waals surface area contributed by atoms with Crippen LogP contribution in [0.15, 0.2) is 40.2 Å². The van der Waals surface area contributed by atoms with E-state index in [0.29, 0.717) is 24.7 Å². The molecule has 0 unspecified atom stereocenters. The Balaban J connectivity index is 1.95. The Bertz CT molecular complexity index is 697. The summed E-state index contributed by atoms with van der Waals surface area (Å²) in [6.07, 6.45) is 3.27. The first-order valence-electron chi connectivity index (χ1n) is 7.13. The average Bonchev–Trinajstić information content (AvgIpc) is 2.97. The van der Waals surface area contributed by atoms with Crippen LogP contribution < -0.4 is 14.8 Å². The number of methoxy groups -OCH3 is 1. The number of thiophene rings is 1. The molecule has 1 heterocycles. The third-order valence-electron chi connectivity index (χ3n) is 2.98. The molecule has 2 aromatic rings. The van der Waals surface area contributed by atoms with Gasteiger partial charge in [0.25, 0.3) is 0 Å². The zero-order valence-corrected chi connectivity index (χ0v) is 15.4. The summed E-state index contributed by atoms with van der Waals surface area (Å²) in [5.41, 5.74) is 0.878. The molecule has 1 N–H and O–H groups in total. The van der Waals surface area contributed by atoms with Crippen LogP contribution in [0.2, 0.25) is 0 Å². The van der Waals surface area contributed by atoms with Crippen LogP contribution in [0.3, 0.4) is 0 Å². The number of benzene rings is 1. The summed E-state index contributed by atoms with van der Waals surface area (Å²) in [6, 6.07) is 9.50. The van der Waals surface area contributed by atoms with Gasteiger partial charge in [0.2, 0.25) is 5.91 Å². The van der Waals surface area contributed by atoms with E-state index in [1.54, 1.807) is 24.5 Å². The minimum absolute atomic E-state index is 0.136. The second kappa shape index (κ2) is 8.74. The van der Waals surface area contributed by atoms with Crippen molar-refractivity contribution in [3.05, 3.63) is 50.6 Å². The van der Waals surface area contributed by atoms with E-state index in [1.165, 1.54) is 6.08 Å². The average molecular weight is 396 g/mol. The summed E-state index contributed by atoms with van der Waals surface area (Å²) < 4.78 is 11.8. The SMILES string of the molecule is CCOc1cc(/C=C/C(=O)NCc2ccc(Br)s2)ccc1OC. The number of nitrogens with one attached hydrogen (secondary N) is 1. The molecule has 2 rings (SSSR count). The molecular formula is C17H18BrNO3S. The molecule has 1 amide bonds. The van der Waals surface area contributed by atoms with E-state index in [0.717, 1.165) is 14.2 Å². The minimum atomic E-state index is -0.136. The Morgan fingerprint density at radius 2 is 2.13 bits per heavy atom. The van der Waals surface area contributed by atoms with Crippen LogP contribution in [0.1, 0.15) is 17.4 Å². The maximum atomic E-state index is 11.9. The molecule has 0 spiro atoms. The van der Waals surface area contributed by atoms with Gasteiger partial charge in [-0.15, -0.1) is 11.3 Å². The van der Waals surface area contributed by atoms with Gasteiger partial charge in [-0.1, -0.05) is 6.07 Å². The van der Waals surface area contributed by atoms with Crippen molar-refractivity contribution in [3.63, 3.8) is 0 Å². The molecule has 122 valence electrons. The van der Waals surface area contributed by atoms with Crippen molar-refractivity contribution < 1.29 is 14.3 Å². The van der Waals surface area contributed by atoms with Crippen molar-refractivity contribution in [2.45, 2.75) is 13.5 Å². The molecule has 0 bridgehead atoms. The predicted molar refractivity (Wildman–Crippen MR) is 97.1 cm³/mol. The number of ether oxygens (including phenoxy) is 2. The van der Waals surface area contributed by atoms with E-state index in [-0.39, 0.29) is 5.91 Å². The highest BCUT2D eigenvalue weighted by Crippen LogP contribution is 2.28. The second-order valence-electron chi connectivity index (χ2n) is 4.60. The van der Waals surface area contributed by atoms with Crippen molar-refractivity contribution in [2.75, 3.05) is 13.7 Å². The molecular weight excluding hydrogens is 378 g/mol. The lowest BCUT2D eigenvalue weighted by atomic mass is 10.2. The van der Waals surface area contributed by atoms with Crippen LogP contribution in [0.25, 0.3) is 6.08 Å². The van der Waals surface area contributed by atoms with Crippen LogP contribution in [-0.2, 0) is 11.3 Å². The van der Waals surface area contributed by atoms with Crippen LogP contribution in [0.4, 0.5) is 0 Å². The highest BCUT2D eigenvalue weighted by atomic mass is 79.9. The number of rotatable bonds is 7. The van der Waals surface area contributed by atoms with Gasteiger partial charge in [0.05, 0.1) is 24.0 Å². The van der Waals surface area contributed by atoms with Crippen LogP contribution in [0, 0.1) is 0 Å². The Morgan fingerprint density at radius 1 is 1.30 bits per heavy atom. The molecule has 23 heavy (non-hydrogen) atoms. The fourth-order valence-corrected chi connectivity index (χ4v) is 3.34. The van der Waals surface area contributed by atoms with Gasteiger partial charge in [0.1, 0.15) is 0 Å². The quantitative estimate of drug-likeness (QED) is 0.712. The molecule has 0 radical (unpaired) electrons. The molecule has 1 aromatic carbocycles. The van der Waals surface area contributed by atoms with E-state index in [2.05, 4.69) is 21.2 Å². The highest BCUT2D eigenvalue weighted by Gasteiger charge is 2.04. The Kier molecular flexibility index (Phi) is 6.67. The summed E-state index contributed by atoms with van der Waals surface area (Å²) in [4.78, 5) is 13.0. The normalized spacial score (nSPS) is 10.7. The third-order valence-corrected chi connectivity index (χ3v) is 4.60. The molecule has 1 aromatic heterocycles. The number of hydrogen-bond acceptors (Lipinski definition) is 4. The topological polar surface area (TPSA) is 47.6 Å². The van der Waals surface area contributed by atoms with E-state index in [4.69, 9.17) is 9.47 Å². The maximum absolute atomic E-state index is 11.9. The third kappa shape index (κ3) is 5.41. The number of amides is 1. The van der Waals surface area contributed by atoms with Crippen molar-refractivity contribution in [1.82, 2.24) is 5.32 Å². The van der Waals surface area contributed by atoms with Crippen LogP contribution in [0.5, 0.6) is 11.5 Å². The van der Waals surface area contributed by atoms with Gasteiger partial charge in [-0.25, -0.2) is 0 Å². The lowest BCUT2D eigenvalue weighted by Gasteiger charge is -2.09. The second-order valence-corrected chi connectivity index (χ2v) is 7.15. The molecule has 0 aliphatic carbocycles. The Hall–Kier alpha value is -1.79. The standard InChI is InChI=1S/C17H18BrNO3S/c1-3-22-15-10-12(4-7-14(15)21-2)5-9-17(20)19-11-13-6-8-16(18)23-13/h4-10H,3,11H2,1-2H3,(H,19,20)/b9-5+. The number of hydrogen-bond donors (Lipinski definition) is 1. The van der Waals surface area contributed by atoms with Crippen molar-refractivity contribution in [3.8, 4) is 11.5 Å². The van der Waals surface area contributed by atoms with Crippen molar-refractivity contribution in [1.29, 1.82) is 0 Å². The first kappa shape index (κ1) is 17.6. The maximum Gasteiger partial charge on any atom is 0.244 e. The number of halogens is 1. The van der Waals surface area contributed by atoms with Crippen LogP contribution in [-0.4, -0.2) is 19.6 Å². The Morgan fingerprint density at radius 3 is 2.78 bits per heavy atom. The van der Waals surface area contributed by atoms with E-state index < -0.39 is 0 Å². The first-order chi connectivity index (χ1) is 11.1. The van der Waals surface area contributed by atoms with Crippen molar-refractivity contribution >= 4 is 39.2 Å². The van der Waals surface area contributed by atoms with E-state index in [9.17, 15) is 4.79 Å². The van der Waals surface area contributed by atoms with Gasteiger partial charge in [-0.05, 0) is 58.8 Å². The van der Waals surface area contributed by atoms with Gasteiger partial charge >= 0.3 is 0 Å². The summed E-state index contributed by atoms with van der Waals surface area (Å²) >= 11 is 5.00. The minimum Gasteiger partial charge on any atom is -0.493 e. The number of carbonyl (C=O) groups excluding carboxylic acids is 1. The molecule has 0 saturated heterocycles. The summed E-state index contributed by atoms with van der Waals surface area (Å²) in [6.45, 7) is 2.99. The fraction of sp³-hybridized carbons (Fsp3) is 0.235. The molecule has 0 atom stereocenters. The summed E-state index contributed by atoms with van der Waals surface area (Å²) in [7, 11) is 1.60. The monoisotopic (exact) mass is 395 g/mol. The smallest absolute Gasteiger partial charge is 0.244 e. The lowest BCUT2D eigenvalue weighted by Crippen LogP contribution is -2.19. The van der Waals surface area contributed by atoms with Crippen LogP contribution >= 0.6 is 27.3 Å². The van der Waals surface area contributed by atoms with Gasteiger partial charge < -0.3 is 14.8 Å². The van der Waals surface area contributed by atoms with E-state index >= 15 is 0 Å². The first-order valence-corrected chi connectivity index (χ1v) is 8.74. The highest BCUT2D eigenvalue weighted by molar-refractivity contribution is 9.11. The molecule has 0 aliphatic heterocycles. The molecule has 0 aliphatic rings. The lowest BCUT2D eigenvalue weighted by molar-refractivity contribution is -0.116. The zero-order chi connectivity index (χ0) is 16.7. The van der Waals surface area contributed by atoms with Gasteiger partial charge in [0, 0.05) is 11.0 Å². The largest absolute Gasteiger partial charge is 0.493 e. The summed E-state index contributed by atoms with van der Waals surface area (Å²) in [5.74, 6) is 1.21. The predicted octanol–water partition coefficient (Wildman–Crippen LogP) is 4.25. The summed E-state index contributed by atoms with van der Waals surface area (Å²) in [5, 5.41) is 2.85. The van der Waals surface area contributed by atoms with E-state index in [1.807, 2.05) is 37.3 Å². The zero-order valence-electron chi connectivity index (χ0n) is 13.0. The number of carbonyl (C=O) groups is 1. The molecule has 0 fully saturated rings. The van der Waals surface area contributed by atoms with Crippen molar-refractivity contribution in [2.24, 2.45) is 0 Å². The molecule has 6 heteroatoms.